The molecule has 0 aliphatic heterocycles. The number of halogens is 3. The van der Waals surface area contributed by atoms with Gasteiger partial charge in [0.2, 0.25) is 5.76 Å². The maximum absolute atomic E-state index is 12.9. The molecule has 0 aliphatic carbocycles. The second kappa shape index (κ2) is 4.37. The molecule has 0 amide bonds. The van der Waals surface area contributed by atoms with E-state index in [4.69, 9.17) is 5.11 Å². The van der Waals surface area contributed by atoms with Crippen LogP contribution in [0.5, 0.6) is 0 Å². The van der Waals surface area contributed by atoms with Gasteiger partial charge in [-0.1, -0.05) is 17.3 Å². The lowest BCUT2D eigenvalue weighted by Gasteiger charge is -2.07. The Morgan fingerprint density at radius 2 is 2.05 bits per heavy atom. The monoisotopic (exact) mass is 296 g/mol. The zero-order valence-corrected chi connectivity index (χ0v) is 10.2. The van der Waals surface area contributed by atoms with Gasteiger partial charge in [0.25, 0.3) is 0 Å². The first-order chi connectivity index (χ1) is 9.86. The van der Waals surface area contributed by atoms with Gasteiger partial charge in [0.15, 0.2) is 0 Å². The van der Waals surface area contributed by atoms with Crippen LogP contribution < -0.4 is 0 Å². The fourth-order valence-corrected chi connectivity index (χ4v) is 2.03. The molecule has 2 heterocycles. The van der Waals surface area contributed by atoms with Crippen LogP contribution in [-0.2, 0) is 6.18 Å². The standard InChI is InChI=1S/C13H7F3N2O3/c14-13(15,16)7-3-1-2-6-4-8(17-11(6)7)9-5-10(12(19)20)21-18-9/h1-5,17H,(H,19,20). The minimum absolute atomic E-state index is 0.0834. The number of nitrogens with one attached hydrogen (secondary N) is 1. The number of aromatic nitrogens is 2. The smallest absolute Gasteiger partial charge is 0.418 e. The number of para-hydroxylation sites is 1. The minimum Gasteiger partial charge on any atom is -0.475 e. The zero-order valence-electron chi connectivity index (χ0n) is 10.2. The van der Waals surface area contributed by atoms with Gasteiger partial charge >= 0.3 is 12.1 Å². The fraction of sp³-hybridized carbons (Fsp3) is 0.0769. The van der Waals surface area contributed by atoms with Gasteiger partial charge in [-0.15, -0.1) is 0 Å². The predicted molar refractivity (Wildman–Crippen MR) is 65.8 cm³/mol. The summed E-state index contributed by atoms with van der Waals surface area (Å²) < 4.78 is 43.3. The van der Waals surface area contributed by atoms with Gasteiger partial charge in [-0.05, 0) is 12.1 Å². The van der Waals surface area contributed by atoms with Gasteiger partial charge in [0.05, 0.1) is 16.8 Å². The Morgan fingerprint density at radius 3 is 2.67 bits per heavy atom. The van der Waals surface area contributed by atoms with Crippen molar-refractivity contribution < 1.29 is 27.6 Å². The molecule has 2 N–H and O–H groups in total. The molecule has 3 rings (SSSR count). The summed E-state index contributed by atoms with van der Waals surface area (Å²) in [6.45, 7) is 0. The van der Waals surface area contributed by atoms with E-state index in [2.05, 4.69) is 14.7 Å². The minimum atomic E-state index is -4.49. The molecule has 0 bridgehead atoms. The van der Waals surface area contributed by atoms with Gasteiger partial charge < -0.3 is 14.6 Å². The van der Waals surface area contributed by atoms with E-state index in [-0.39, 0.29) is 22.7 Å². The molecule has 0 spiro atoms. The molecular weight excluding hydrogens is 289 g/mol. The van der Waals surface area contributed by atoms with Gasteiger partial charge in [0, 0.05) is 11.5 Å². The van der Waals surface area contributed by atoms with Crippen LogP contribution in [0.2, 0.25) is 0 Å². The molecule has 2 aromatic heterocycles. The number of carboxylic acid groups (broad SMARTS) is 1. The van der Waals surface area contributed by atoms with Crippen LogP contribution in [0.1, 0.15) is 16.1 Å². The van der Waals surface area contributed by atoms with Crippen molar-refractivity contribution in [3.63, 3.8) is 0 Å². The molecule has 0 saturated carbocycles. The predicted octanol–water partition coefficient (Wildman–Crippen LogP) is 3.54. The lowest BCUT2D eigenvalue weighted by atomic mass is 10.1. The Morgan fingerprint density at radius 1 is 1.29 bits per heavy atom. The Balaban J connectivity index is 2.15. The summed E-state index contributed by atoms with van der Waals surface area (Å²) in [5.74, 6) is -1.69. The fourth-order valence-electron chi connectivity index (χ4n) is 2.03. The maximum atomic E-state index is 12.9. The van der Waals surface area contributed by atoms with Crippen LogP contribution in [0.3, 0.4) is 0 Å². The maximum Gasteiger partial charge on any atom is 0.418 e. The molecule has 0 atom stereocenters. The van der Waals surface area contributed by atoms with Crippen LogP contribution >= 0.6 is 0 Å². The van der Waals surface area contributed by atoms with Gasteiger partial charge in [0.1, 0.15) is 5.69 Å². The van der Waals surface area contributed by atoms with E-state index in [1.54, 1.807) is 0 Å². The highest BCUT2D eigenvalue weighted by Crippen LogP contribution is 2.35. The quantitative estimate of drug-likeness (QED) is 0.758. The third-order valence-corrected chi connectivity index (χ3v) is 2.96. The van der Waals surface area contributed by atoms with E-state index < -0.39 is 17.7 Å². The largest absolute Gasteiger partial charge is 0.475 e. The number of hydrogen-bond donors (Lipinski definition) is 2. The number of hydrogen-bond acceptors (Lipinski definition) is 3. The van der Waals surface area contributed by atoms with Crippen molar-refractivity contribution >= 4 is 16.9 Å². The topological polar surface area (TPSA) is 79.1 Å². The number of fused-ring (bicyclic) bond motifs is 1. The molecule has 0 aliphatic rings. The van der Waals surface area contributed by atoms with Gasteiger partial charge in [-0.25, -0.2) is 4.79 Å². The molecule has 3 aromatic rings. The summed E-state index contributed by atoms with van der Waals surface area (Å²) in [5, 5.41) is 12.6. The highest BCUT2D eigenvalue weighted by atomic mass is 19.4. The Hall–Kier alpha value is -2.77. The first kappa shape index (κ1) is 13.2. The molecule has 21 heavy (non-hydrogen) atoms. The highest BCUT2D eigenvalue weighted by molar-refractivity contribution is 5.89. The van der Waals surface area contributed by atoms with Crippen molar-refractivity contribution in [2.75, 3.05) is 0 Å². The van der Waals surface area contributed by atoms with Crippen molar-refractivity contribution in [3.8, 4) is 11.4 Å². The third-order valence-electron chi connectivity index (χ3n) is 2.96. The lowest BCUT2D eigenvalue weighted by Crippen LogP contribution is -2.05. The second-order valence-corrected chi connectivity index (χ2v) is 4.33. The highest BCUT2D eigenvalue weighted by Gasteiger charge is 2.33. The van der Waals surface area contributed by atoms with Crippen LogP contribution in [0, 0.1) is 0 Å². The molecule has 108 valence electrons. The molecule has 0 fully saturated rings. The number of rotatable bonds is 2. The average molecular weight is 296 g/mol. The van der Waals surface area contributed by atoms with Gasteiger partial charge in [-0.2, -0.15) is 13.2 Å². The molecule has 1 aromatic carbocycles. The number of alkyl halides is 3. The number of carbonyl (C=O) groups is 1. The van der Waals surface area contributed by atoms with E-state index in [0.717, 1.165) is 12.1 Å². The first-order valence-electron chi connectivity index (χ1n) is 5.75. The number of H-pyrrole nitrogens is 1. The first-order valence-corrected chi connectivity index (χ1v) is 5.75. The van der Waals surface area contributed by atoms with E-state index in [9.17, 15) is 18.0 Å². The van der Waals surface area contributed by atoms with E-state index in [0.29, 0.717) is 5.39 Å². The lowest BCUT2D eigenvalue weighted by molar-refractivity contribution is -0.136. The van der Waals surface area contributed by atoms with Crippen LogP contribution in [0.15, 0.2) is 34.9 Å². The average Bonchev–Trinajstić information content (AvgIpc) is 3.03. The van der Waals surface area contributed by atoms with Crippen molar-refractivity contribution in [1.29, 1.82) is 0 Å². The van der Waals surface area contributed by atoms with E-state index >= 15 is 0 Å². The van der Waals surface area contributed by atoms with Crippen LogP contribution in [-0.4, -0.2) is 21.2 Å². The molecule has 0 radical (unpaired) electrons. The summed E-state index contributed by atoms with van der Waals surface area (Å²) in [6.07, 6.45) is -4.49. The Labute approximate surface area is 115 Å². The number of nitrogens with zero attached hydrogens (tertiary/aromatic N) is 1. The number of benzene rings is 1. The SMILES string of the molecule is O=C(O)c1cc(-c2cc3cccc(C(F)(F)F)c3[nH]2)no1. The number of aromatic amines is 1. The molecular formula is C13H7F3N2O3. The van der Waals surface area contributed by atoms with Crippen LogP contribution in [0.4, 0.5) is 13.2 Å². The summed E-state index contributed by atoms with van der Waals surface area (Å²) in [7, 11) is 0. The van der Waals surface area contributed by atoms with Crippen molar-refractivity contribution in [2.24, 2.45) is 0 Å². The Bertz CT molecular complexity index is 833. The molecule has 0 unspecified atom stereocenters. The Kier molecular flexibility index (Phi) is 2.75. The molecule has 0 saturated heterocycles. The van der Waals surface area contributed by atoms with Gasteiger partial charge in [-0.3, -0.25) is 0 Å². The van der Waals surface area contributed by atoms with E-state index in [1.165, 1.54) is 18.2 Å². The van der Waals surface area contributed by atoms with Crippen molar-refractivity contribution in [2.45, 2.75) is 6.18 Å². The summed E-state index contributed by atoms with van der Waals surface area (Å²) in [4.78, 5) is 13.3. The van der Waals surface area contributed by atoms with E-state index in [1.807, 2.05) is 0 Å². The van der Waals surface area contributed by atoms with Crippen molar-refractivity contribution in [3.05, 3.63) is 41.7 Å². The summed E-state index contributed by atoms with van der Waals surface area (Å²) in [6, 6.07) is 6.37. The third kappa shape index (κ3) is 2.24. The number of aromatic carboxylic acids is 1. The normalized spacial score (nSPS) is 12.0. The molecule has 5 nitrogen and oxygen atoms in total. The number of carboxylic acids is 1. The van der Waals surface area contributed by atoms with Crippen LogP contribution in [0.25, 0.3) is 22.3 Å². The zero-order chi connectivity index (χ0) is 15.2. The summed E-state index contributed by atoms with van der Waals surface area (Å²) >= 11 is 0. The second-order valence-electron chi connectivity index (χ2n) is 4.33. The molecule has 8 heteroatoms. The van der Waals surface area contributed by atoms with Crippen molar-refractivity contribution in [1.82, 2.24) is 10.1 Å². The summed E-state index contributed by atoms with van der Waals surface area (Å²) in [5.41, 5.74) is -0.511.